The van der Waals surface area contributed by atoms with Gasteiger partial charge in [0, 0.05) is 51.1 Å². The summed E-state index contributed by atoms with van der Waals surface area (Å²) in [6.07, 6.45) is 2.37. The molecule has 4 aromatic rings. The van der Waals surface area contributed by atoms with Crippen molar-refractivity contribution in [3.63, 3.8) is 0 Å². The Hall–Kier alpha value is -4.73. The van der Waals surface area contributed by atoms with E-state index in [0.717, 1.165) is 29.3 Å². The molecular formula is C34H35F2N7O3. The van der Waals surface area contributed by atoms with Crippen LogP contribution in [-0.2, 0) is 9.53 Å². The van der Waals surface area contributed by atoms with Gasteiger partial charge in [-0.3, -0.25) is 14.7 Å². The number of amides is 1. The summed E-state index contributed by atoms with van der Waals surface area (Å²) >= 11 is 0. The number of carbonyl (C=O) groups is 1. The van der Waals surface area contributed by atoms with Gasteiger partial charge in [-0.2, -0.15) is 15.2 Å². The predicted octanol–water partition coefficient (Wildman–Crippen LogP) is 4.80. The second-order valence-electron chi connectivity index (χ2n) is 11.9. The van der Waals surface area contributed by atoms with E-state index in [9.17, 15) is 14.4 Å². The van der Waals surface area contributed by atoms with Crippen molar-refractivity contribution in [2.45, 2.75) is 38.0 Å². The fraction of sp³-hybridized carbons (Fsp3) is 0.382. The number of methoxy groups -OCH3 is 1. The zero-order valence-corrected chi connectivity index (χ0v) is 26.0. The van der Waals surface area contributed by atoms with E-state index in [1.807, 2.05) is 55.3 Å². The van der Waals surface area contributed by atoms with Crippen molar-refractivity contribution in [2.24, 2.45) is 0 Å². The minimum absolute atomic E-state index is 0.00519. The molecule has 0 bridgehead atoms. The summed E-state index contributed by atoms with van der Waals surface area (Å²) in [5.74, 6) is -2.20. The van der Waals surface area contributed by atoms with Crippen LogP contribution in [0.2, 0.25) is 0 Å². The number of likely N-dealkylation sites (N-methyl/N-ethyl adjacent to an activating group) is 1. The first kappa shape index (κ1) is 31.3. The van der Waals surface area contributed by atoms with Crippen molar-refractivity contribution >= 4 is 33.4 Å². The topological polar surface area (TPSA) is 108 Å². The van der Waals surface area contributed by atoms with Gasteiger partial charge >= 0.3 is 6.01 Å². The van der Waals surface area contributed by atoms with Crippen LogP contribution in [0.3, 0.4) is 0 Å². The van der Waals surface area contributed by atoms with E-state index >= 15 is 4.39 Å². The Kier molecular flexibility index (Phi) is 8.80. The Bertz CT molecular complexity index is 1860. The van der Waals surface area contributed by atoms with Crippen molar-refractivity contribution < 1.29 is 23.0 Å². The number of benzene rings is 2. The van der Waals surface area contributed by atoms with Crippen molar-refractivity contribution in [3.8, 4) is 23.3 Å². The number of halogens is 2. The highest BCUT2D eigenvalue weighted by Crippen LogP contribution is 2.36. The zero-order chi connectivity index (χ0) is 32.5. The molecule has 0 radical (unpaired) electrons. The lowest BCUT2D eigenvalue weighted by atomic mass is 9.97. The zero-order valence-electron chi connectivity index (χ0n) is 26.0. The number of aryl methyl sites for hydroxylation is 1. The first-order chi connectivity index (χ1) is 22.2. The lowest BCUT2D eigenvalue weighted by molar-refractivity contribution is -0.131. The van der Waals surface area contributed by atoms with Gasteiger partial charge in [0.1, 0.15) is 23.6 Å². The number of fused-ring (bicyclic) bond motifs is 2. The van der Waals surface area contributed by atoms with E-state index in [0.29, 0.717) is 16.8 Å². The van der Waals surface area contributed by atoms with Crippen LogP contribution in [0, 0.1) is 24.1 Å². The molecule has 238 valence electrons. The monoisotopic (exact) mass is 627 g/mol. The minimum Gasteiger partial charge on any atom is -0.462 e. The number of pyridine rings is 1. The molecular weight excluding hydrogens is 592 g/mol. The fourth-order valence-corrected chi connectivity index (χ4v) is 6.56. The Morgan fingerprint density at radius 2 is 1.93 bits per heavy atom. The third-order valence-electron chi connectivity index (χ3n) is 9.00. The smallest absolute Gasteiger partial charge is 0.319 e. The van der Waals surface area contributed by atoms with Crippen molar-refractivity contribution in [3.05, 3.63) is 66.4 Å². The summed E-state index contributed by atoms with van der Waals surface area (Å²) in [7, 11) is 3.67. The predicted molar refractivity (Wildman–Crippen MR) is 170 cm³/mol. The summed E-state index contributed by atoms with van der Waals surface area (Å²) in [5.41, 5.74) is 1.82. The van der Waals surface area contributed by atoms with Crippen LogP contribution in [0.5, 0.6) is 6.01 Å². The van der Waals surface area contributed by atoms with Gasteiger partial charge in [-0.05, 0) is 36.7 Å². The summed E-state index contributed by atoms with van der Waals surface area (Å²) in [6, 6.07) is 13.1. The Balaban J connectivity index is 1.44. The highest BCUT2D eigenvalue weighted by Gasteiger charge is 2.34. The highest BCUT2D eigenvalue weighted by atomic mass is 19.1. The van der Waals surface area contributed by atoms with Crippen LogP contribution in [0.4, 0.5) is 14.6 Å². The van der Waals surface area contributed by atoms with Crippen LogP contribution in [0.15, 0.2) is 55.0 Å². The number of nitriles is 1. The van der Waals surface area contributed by atoms with E-state index in [1.54, 1.807) is 13.3 Å². The number of hydrogen-bond donors (Lipinski definition) is 0. The number of carbonyl (C=O) groups excluding carboxylic acids is 1. The Morgan fingerprint density at radius 3 is 2.65 bits per heavy atom. The third-order valence-corrected chi connectivity index (χ3v) is 9.00. The maximum atomic E-state index is 16.7. The van der Waals surface area contributed by atoms with E-state index in [1.165, 1.54) is 4.90 Å². The lowest BCUT2D eigenvalue weighted by Crippen LogP contribution is -2.55. The summed E-state index contributed by atoms with van der Waals surface area (Å²) in [6.45, 7) is 6.66. The first-order valence-electron chi connectivity index (χ1n) is 15.2. The second kappa shape index (κ2) is 12.9. The maximum absolute atomic E-state index is 16.7. The number of likely N-dealkylation sites (tertiary alicyclic amines) is 1. The summed E-state index contributed by atoms with van der Waals surface area (Å²) in [4.78, 5) is 31.7. The normalized spacial score (nSPS) is 20.3. The largest absolute Gasteiger partial charge is 0.462 e. The van der Waals surface area contributed by atoms with Gasteiger partial charge in [-0.1, -0.05) is 43.0 Å². The van der Waals surface area contributed by atoms with Gasteiger partial charge < -0.3 is 19.3 Å². The average molecular weight is 628 g/mol. The number of aromatic nitrogens is 3. The van der Waals surface area contributed by atoms with Gasteiger partial charge in [0.15, 0.2) is 11.6 Å². The van der Waals surface area contributed by atoms with E-state index < -0.39 is 23.6 Å². The number of anilines is 1. The molecule has 0 N–H and O–H groups in total. The molecule has 0 unspecified atom stereocenters. The van der Waals surface area contributed by atoms with Crippen LogP contribution >= 0.6 is 0 Å². The molecule has 12 heteroatoms. The van der Waals surface area contributed by atoms with E-state index in [-0.39, 0.29) is 62.0 Å². The van der Waals surface area contributed by atoms with E-state index in [2.05, 4.69) is 27.5 Å². The molecule has 2 aliphatic rings. The van der Waals surface area contributed by atoms with Crippen LogP contribution in [0.1, 0.15) is 18.4 Å². The van der Waals surface area contributed by atoms with Crippen LogP contribution in [-0.4, -0.2) is 95.8 Å². The van der Waals surface area contributed by atoms with Crippen LogP contribution in [0.25, 0.3) is 32.9 Å². The molecule has 10 nitrogen and oxygen atoms in total. The number of ether oxygens (including phenoxy) is 2. The van der Waals surface area contributed by atoms with Gasteiger partial charge in [0.05, 0.1) is 30.0 Å². The minimum atomic E-state index is -1.09. The molecule has 0 spiro atoms. The molecule has 4 heterocycles. The van der Waals surface area contributed by atoms with Gasteiger partial charge in [-0.25, -0.2) is 8.78 Å². The third kappa shape index (κ3) is 5.84. The molecule has 2 aliphatic heterocycles. The van der Waals surface area contributed by atoms with Gasteiger partial charge in [0.2, 0.25) is 0 Å². The van der Waals surface area contributed by atoms with E-state index in [4.69, 9.17) is 14.5 Å². The molecule has 3 atom stereocenters. The SMILES string of the molecule is C=C(F)C(=O)N1CCN(c2nc(OC[C@@H]3C[C@@H](OC)CN3C)nc3c(F)c(-c4cccc5cccc(C)c45)ncc23)C[C@@H]1CC#N. The molecule has 46 heavy (non-hydrogen) atoms. The summed E-state index contributed by atoms with van der Waals surface area (Å²) < 4.78 is 42.2. The van der Waals surface area contributed by atoms with Gasteiger partial charge in [-0.15, -0.1) is 0 Å². The standard InChI is InChI=1S/C34H35F2N7O3/c1-20-7-5-8-22-9-6-10-26(28(20)22)30-29(36)31-27(16-38-30)32(40-34(39-31)46-19-24-15-25(45-4)18-41(24)3)42-13-14-43(33(44)21(2)35)23(17-42)11-12-37/h5-10,16,23-25H,2,11,13-15,17-19H2,1,3-4H3/t23-,24-,25+/m0/s1. The average Bonchev–Trinajstić information content (AvgIpc) is 3.42. The molecule has 1 amide bonds. The number of hydrogen-bond acceptors (Lipinski definition) is 9. The number of rotatable bonds is 8. The fourth-order valence-electron chi connectivity index (χ4n) is 6.56. The first-order valence-corrected chi connectivity index (χ1v) is 15.2. The molecule has 2 aromatic heterocycles. The molecule has 2 aromatic carbocycles. The second-order valence-corrected chi connectivity index (χ2v) is 11.9. The van der Waals surface area contributed by atoms with Crippen molar-refractivity contribution in [1.82, 2.24) is 24.8 Å². The maximum Gasteiger partial charge on any atom is 0.319 e. The Labute approximate surface area is 265 Å². The van der Waals surface area contributed by atoms with Crippen molar-refractivity contribution in [2.75, 3.05) is 51.8 Å². The quantitative estimate of drug-likeness (QED) is 0.255. The summed E-state index contributed by atoms with van der Waals surface area (Å²) in [5, 5.41) is 11.7. The molecule has 2 saturated heterocycles. The molecule has 2 fully saturated rings. The number of nitrogens with zero attached hydrogens (tertiary/aromatic N) is 7. The van der Waals surface area contributed by atoms with Crippen molar-refractivity contribution in [1.29, 1.82) is 5.26 Å². The molecule has 0 saturated carbocycles. The van der Waals surface area contributed by atoms with Gasteiger partial charge in [0.25, 0.3) is 5.91 Å². The molecule has 0 aliphatic carbocycles. The Morgan fingerprint density at radius 1 is 1.15 bits per heavy atom. The lowest BCUT2D eigenvalue weighted by Gasteiger charge is -2.41. The molecule has 6 rings (SSSR count). The number of piperazine rings is 1. The van der Waals surface area contributed by atoms with Crippen LogP contribution < -0.4 is 9.64 Å². The highest BCUT2D eigenvalue weighted by molar-refractivity contribution is 6.00.